The van der Waals surface area contributed by atoms with Gasteiger partial charge in [-0.3, -0.25) is 9.69 Å². The molecule has 0 bridgehead atoms. The summed E-state index contributed by atoms with van der Waals surface area (Å²) in [4.78, 5) is 31.9. The first kappa shape index (κ1) is 31.8. The molecule has 1 amide bonds. The second-order valence-electron chi connectivity index (χ2n) is 9.33. The highest BCUT2D eigenvalue weighted by atomic mass is 127. The molecule has 4 aromatic carbocycles. The first-order valence-electron chi connectivity index (χ1n) is 12.8. The third-order valence-corrected chi connectivity index (χ3v) is 9.67. The fourth-order valence-electron chi connectivity index (χ4n) is 4.12. The molecule has 1 aliphatic rings. The predicted molar refractivity (Wildman–Crippen MR) is 195 cm³/mol. The number of carboxylic acids is 1. The fourth-order valence-corrected chi connectivity index (χ4v) is 7.61. The van der Waals surface area contributed by atoms with E-state index in [9.17, 15) is 14.7 Å². The second-order valence-corrected chi connectivity index (χ2v) is 13.9. The van der Waals surface area contributed by atoms with Crippen LogP contribution in [0.3, 0.4) is 0 Å². The number of rotatable bonds is 9. The number of hydrogen-bond donors (Lipinski definition) is 1. The molecule has 11 heteroatoms. The quantitative estimate of drug-likeness (QED) is 0.134. The zero-order chi connectivity index (χ0) is 30.5. The number of carboxylic acid groups (broad SMARTS) is 1. The summed E-state index contributed by atoms with van der Waals surface area (Å²) in [6.45, 7) is 0.712. The summed E-state index contributed by atoms with van der Waals surface area (Å²) in [6.07, 6.45) is 1.87. The van der Waals surface area contributed by atoms with E-state index in [1.807, 2.05) is 42.5 Å². The summed E-state index contributed by atoms with van der Waals surface area (Å²) in [5, 5.41) is 9.79. The van der Waals surface area contributed by atoms with E-state index in [1.54, 1.807) is 24.1 Å². The predicted octanol–water partition coefficient (Wildman–Crippen LogP) is 8.59. The van der Waals surface area contributed by atoms with Crippen molar-refractivity contribution in [3.05, 3.63) is 123 Å². The monoisotopic (exact) mass is 928 g/mol. The maximum Gasteiger partial charge on any atom is 0.335 e. The van der Waals surface area contributed by atoms with Gasteiger partial charge in [-0.2, -0.15) is 0 Å². The van der Waals surface area contributed by atoms with Crippen LogP contribution < -0.4 is 9.47 Å². The van der Waals surface area contributed by atoms with Gasteiger partial charge in [0.2, 0.25) is 0 Å². The van der Waals surface area contributed by atoms with E-state index in [2.05, 4.69) is 92.0 Å². The van der Waals surface area contributed by atoms with E-state index in [0.29, 0.717) is 28.1 Å². The number of ether oxygens (including phenoxy) is 2. The van der Waals surface area contributed by atoms with Gasteiger partial charge >= 0.3 is 5.97 Å². The summed E-state index contributed by atoms with van der Waals surface area (Å²) < 4.78 is 14.5. The Morgan fingerprint density at radius 3 is 2.16 bits per heavy atom. The molecule has 0 unspecified atom stereocenters. The maximum atomic E-state index is 13.7. The molecule has 4 aromatic rings. The lowest BCUT2D eigenvalue weighted by atomic mass is 10.1. The molecule has 0 spiro atoms. The lowest BCUT2D eigenvalue weighted by molar-refractivity contribution is -0.122. The number of nitrogens with zero attached hydrogens (tertiary/aromatic N) is 2. The average Bonchev–Trinajstić information content (AvgIpc) is 3.27. The van der Waals surface area contributed by atoms with Crippen molar-refractivity contribution in [2.24, 2.45) is 4.99 Å². The van der Waals surface area contributed by atoms with Crippen molar-refractivity contribution in [1.29, 1.82) is 0 Å². The van der Waals surface area contributed by atoms with Gasteiger partial charge in [-0.15, -0.1) is 0 Å². The minimum absolute atomic E-state index is 0.177. The van der Waals surface area contributed by atoms with Crippen molar-refractivity contribution in [2.45, 2.75) is 13.2 Å². The van der Waals surface area contributed by atoms with Crippen molar-refractivity contribution in [2.75, 3.05) is 7.11 Å². The zero-order valence-electron chi connectivity index (χ0n) is 22.6. The van der Waals surface area contributed by atoms with Gasteiger partial charge in [0.05, 0.1) is 37.0 Å². The summed E-state index contributed by atoms with van der Waals surface area (Å²) in [6, 6.07) is 26.0. The van der Waals surface area contributed by atoms with Crippen molar-refractivity contribution in [3.63, 3.8) is 0 Å². The van der Waals surface area contributed by atoms with E-state index in [0.717, 1.165) is 29.6 Å². The molecule has 0 saturated carbocycles. The lowest BCUT2D eigenvalue weighted by Crippen LogP contribution is -2.28. The summed E-state index contributed by atoms with van der Waals surface area (Å²) in [5.41, 5.74) is 3.63. The number of halogens is 3. The Balaban J connectivity index is 1.42. The molecule has 0 aliphatic carbocycles. The lowest BCUT2D eigenvalue weighted by Gasteiger charge is -2.16. The summed E-state index contributed by atoms with van der Waals surface area (Å²) >= 11 is 8.11. The van der Waals surface area contributed by atoms with Gasteiger partial charge < -0.3 is 14.6 Å². The number of amides is 1. The van der Waals surface area contributed by atoms with Gasteiger partial charge in [0.25, 0.3) is 5.91 Å². The average molecular weight is 928 g/mol. The number of amidine groups is 1. The van der Waals surface area contributed by atoms with E-state index >= 15 is 0 Å². The van der Waals surface area contributed by atoms with Crippen molar-refractivity contribution in [1.82, 2.24) is 4.90 Å². The molecule has 1 saturated heterocycles. The number of aliphatic imine (C=N–C) groups is 1. The van der Waals surface area contributed by atoms with Crippen LogP contribution in [-0.4, -0.2) is 34.2 Å². The first-order chi connectivity index (χ1) is 20.7. The second kappa shape index (κ2) is 14.4. The van der Waals surface area contributed by atoms with Crippen molar-refractivity contribution in [3.8, 4) is 11.5 Å². The molecular weight excluding hydrogens is 905 g/mol. The highest BCUT2D eigenvalue weighted by Gasteiger charge is 2.33. The Morgan fingerprint density at radius 2 is 1.56 bits per heavy atom. The largest absolute Gasteiger partial charge is 0.497 e. The van der Waals surface area contributed by atoms with Crippen LogP contribution in [0.1, 0.15) is 27.0 Å². The Morgan fingerprint density at radius 1 is 0.930 bits per heavy atom. The molecule has 43 heavy (non-hydrogen) atoms. The van der Waals surface area contributed by atoms with Gasteiger partial charge in [-0.25, -0.2) is 9.79 Å². The molecular formula is C32H23I3N2O5S. The maximum absolute atomic E-state index is 13.7. The molecule has 7 nitrogen and oxygen atoms in total. The molecule has 218 valence electrons. The highest BCUT2D eigenvalue weighted by molar-refractivity contribution is 14.1. The topological polar surface area (TPSA) is 88.4 Å². The third-order valence-electron chi connectivity index (χ3n) is 6.34. The van der Waals surface area contributed by atoms with Gasteiger partial charge in [0.15, 0.2) is 5.17 Å². The molecule has 1 heterocycles. The Hall–Kier alpha value is -2.63. The van der Waals surface area contributed by atoms with Crippen LogP contribution in [-0.2, 0) is 17.9 Å². The number of carbonyl (C=O) groups is 2. The SMILES string of the molecule is COc1ccc(N=C2S/C(=C\c3cc(I)c(OCc4ccc(I)cc4)c(I)c3)C(=O)N2Cc2ccc(C(=O)O)cc2)cc1. The van der Waals surface area contributed by atoms with Crippen LogP contribution in [0.5, 0.6) is 11.5 Å². The van der Waals surface area contributed by atoms with Crippen molar-refractivity contribution < 1.29 is 24.2 Å². The summed E-state index contributed by atoms with van der Waals surface area (Å²) in [5.74, 6) is 0.344. The van der Waals surface area contributed by atoms with E-state index < -0.39 is 5.97 Å². The number of hydrogen-bond acceptors (Lipinski definition) is 6. The van der Waals surface area contributed by atoms with Gasteiger partial charge in [0.1, 0.15) is 18.1 Å². The number of aromatic carboxylic acids is 1. The van der Waals surface area contributed by atoms with Crippen LogP contribution >= 0.6 is 79.5 Å². The molecule has 0 atom stereocenters. The normalized spacial score (nSPS) is 14.9. The molecule has 1 aliphatic heterocycles. The molecule has 0 aromatic heterocycles. The van der Waals surface area contributed by atoms with Crippen LogP contribution in [0, 0.1) is 10.7 Å². The van der Waals surface area contributed by atoms with Crippen molar-refractivity contribution >= 4 is 108 Å². The first-order valence-corrected chi connectivity index (χ1v) is 16.9. The van der Waals surface area contributed by atoms with Gasteiger partial charge in [-0.1, -0.05) is 24.3 Å². The molecule has 0 radical (unpaired) electrons. The Labute approximate surface area is 294 Å². The van der Waals surface area contributed by atoms with Crippen LogP contribution in [0.15, 0.2) is 94.8 Å². The smallest absolute Gasteiger partial charge is 0.335 e. The fraction of sp³-hybridized carbons (Fsp3) is 0.0938. The number of benzene rings is 4. The van der Waals surface area contributed by atoms with Crippen LogP contribution in [0.2, 0.25) is 0 Å². The number of carbonyl (C=O) groups excluding carboxylic acids is 1. The van der Waals surface area contributed by atoms with E-state index in [4.69, 9.17) is 14.5 Å². The highest BCUT2D eigenvalue weighted by Crippen LogP contribution is 2.37. The van der Waals surface area contributed by atoms with Gasteiger partial charge in [0, 0.05) is 3.57 Å². The Bertz CT molecular complexity index is 1700. The third kappa shape index (κ3) is 8.10. The Kier molecular flexibility index (Phi) is 10.7. The zero-order valence-corrected chi connectivity index (χ0v) is 29.9. The van der Waals surface area contributed by atoms with Gasteiger partial charge in [-0.05, 0) is 163 Å². The minimum Gasteiger partial charge on any atom is -0.497 e. The standard InChI is InChI=1S/C32H23I3N2O5S/c1-41-25-12-10-24(11-13-25)36-32-37(17-19-2-6-22(7-3-19)31(39)40)30(38)28(43-32)16-21-14-26(34)29(27(35)15-21)42-18-20-4-8-23(33)9-5-20/h2-16H,17-18H2,1H3,(H,39,40)/b28-16-,36-32?. The number of thioether (sulfide) groups is 1. The summed E-state index contributed by atoms with van der Waals surface area (Å²) in [7, 11) is 1.60. The van der Waals surface area contributed by atoms with Crippen LogP contribution in [0.4, 0.5) is 5.69 Å². The van der Waals surface area contributed by atoms with E-state index in [1.165, 1.54) is 27.5 Å². The minimum atomic E-state index is -0.998. The molecule has 1 fully saturated rings. The van der Waals surface area contributed by atoms with E-state index in [-0.39, 0.29) is 18.0 Å². The van der Waals surface area contributed by atoms with Crippen LogP contribution in [0.25, 0.3) is 6.08 Å². The number of methoxy groups -OCH3 is 1. The molecule has 1 N–H and O–H groups in total. The molecule has 5 rings (SSSR count).